The summed E-state index contributed by atoms with van der Waals surface area (Å²) in [5, 5.41) is 2.74. The molecule has 3 aromatic rings. The van der Waals surface area contributed by atoms with Crippen molar-refractivity contribution in [2.45, 2.75) is 13.8 Å². The summed E-state index contributed by atoms with van der Waals surface area (Å²) >= 11 is 10.4. The maximum Gasteiger partial charge on any atom is 0.293 e. The molecular formula is C28H24BrClN2O5S. The van der Waals surface area contributed by atoms with Crippen molar-refractivity contribution < 1.29 is 23.9 Å². The van der Waals surface area contributed by atoms with E-state index in [1.54, 1.807) is 48.5 Å². The summed E-state index contributed by atoms with van der Waals surface area (Å²) in [5.74, 6) is 0.303. The molecule has 1 heterocycles. The molecule has 0 radical (unpaired) electrons. The van der Waals surface area contributed by atoms with Crippen LogP contribution in [0, 0.1) is 13.8 Å². The van der Waals surface area contributed by atoms with Crippen LogP contribution in [0.3, 0.4) is 0 Å². The second kappa shape index (κ2) is 12.5. The van der Waals surface area contributed by atoms with Crippen molar-refractivity contribution >= 4 is 68.1 Å². The van der Waals surface area contributed by atoms with Gasteiger partial charge in [0.2, 0.25) is 0 Å². The van der Waals surface area contributed by atoms with Gasteiger partial charge in [-0.05, 0) is 79.2 Å². The summed E-state index contributed by atoms with van der Waals surface area (Å²) in [5.41, 5.74) is 3.07. The van der Waals surface area contributed by atoms with Gasteiger partial charge in [-0.1, -0.05) is 51.8 Å². The van der Waals surface area contributed by atoms with Gasteiger partial charge in [-0.2, -0.15) is 0 Å². The number of amides is 3. The van der Waals surface area contributed by atoms with Crippen molar-refractivity contribution in [2.24, 2.45) is 0 Å². The van der Waals surface area contributed by atoms with Crippen molar-refractivity contribution in [3.05, 3.63) is 91.8 Å². The molecule has 4 rings (SSSR count). The number of para-hydroxylation sites is 1. The molecule has 0 unspecified atom stereocenters. The fourth-order valence-corrected chi connectivity index (χ4v) is 5.02. The predicted octanol–water partition coefficient (Wildman–Crippen LogP) is 6.85. The highest BCUT2D eigenvalue weighted by Gasteiger charge is 2.35. The van der Waals surface area contributed by atoms with Gasteiger partial charge < -0.3 is 14.8 Å². The Bertz CT molecular complexity index is 1430. The van der Waals surface area contributed by atoms with Crippen molar-refractivity contribution in [1.82, 2.24) is 4.90 Å². The smallest absolute Gasteiger partial charge is 0.293 e. The molecule has 0 spiro atoms. The largest absolute Gasteiger partial charge is 0.491 e. The number of thioether (sulfide) groups is 1. The molecule has 1 fully saturated rings. The Balaban J connectivity index is 1.41. The number of ether oxygens (including phenoxy) is 2. The van der Waals surface area contributed by atoms with Crippen LogP contribution in [-0.4, -0.2) is 41.7 Å². The van der Waals surface area contributed by atoms with Crippen LogP contribution in [0.1, 0.15) is 16.7 Å². The summed E-state index contributed by atoms with van der Waals surface area (Å²) in [4.78, 5) is 39.4. The van der Waals surface area contributed by atoms with Gasteiger partial charge in [0.15, 0.2) is 6.61 Å². The minimum absolute atomic E-state index is 0.124. The summed E-state index contributed by atoms with van der Waals surface area (Å²) < 4.78 is 12.3. The van der Waals surface area contributed by atoms with Crippen LogP contribution in [0.25, 0.3) is 6.08 Å². The van der Waals surface area contributed by atoms with E-state index in [-0.39, 0.29) is 29.9 Å². The Morgan fingerprint density at radius 1 is 1.05 bits per heavy atom. The first-order valence-corrected chi connectivity index (χ1v) is 13.6. The summed E-state index contributed by atoms with van der Waals surface area (Å²) in [7, 11) is 0. The minimum atomic E-state index is -0.410. The number of hydrogen-bond acceptors (Lipinski definition) is 6. The van der Waals surface area contributed by atoms with Gasteiger partial charge >= 0.3 is 0 Å². The predicted molar refractivity (Wildman–Crippen MR) is 154 cm³/mol. The van der Waals surface area contributed by atoms with E-state index in [0.717, 1.165) is 38.0 Å². The highest BCUT2D eigenvalue weighted by molar-refractivity contribution is 9.10. The number of anilines is 1. The third-order valence-corrected chi connectivity index (χ3v) is 7.29. The van der Waals surface area contributed by atoms with Crippen molar-refractivity contribution in [1.29, 1.82) is 0 Å². The van der Waals surface area contributed by atoms with Gasteiger partial charge in [-0.3, -0.25) is 19.3 Å². The van der Waals surface area contributed by atoms with E-state index < -0.39 is 11.8 Å². The van der Waals surface area contributed by atoms with E-state index in [9.17, 15) is 14.4 Å². The number of hydrogen-bond donors (Lipinski definition) is 1. The first-order chi connectivity index (χ1) is 18.2. The first-order valence-electron chi connectivity index (χ1n) is 11.6. The summed E-state index contributed by atoms with van der Waals surface area (Å²) in [6.07, 6.45) is 1.59. The average Bonchev–Trinajstić information content (AvgIpc) is 3.14. The zero-order valence-corrected chi connectivity index (χ0v) is 23.8. The van der Waals surface area contributed by atoms with Gasteiger partial charge in [0.25, 0.3) is 17.1 Å². The summed E-state index contributed by atoms with van der Waals surface area (Å²) in [6, 6.07) is 18.0. The fraction of sp³-hybridized carbons (Fsp3) is 0.179. The van der Waals surface area contributed by atoms with Crippen LogP contribution in [0.2, 0.25) is 5.02 Å². The number of aryl methyl sites for hydroxylation is 2. The van der Waals surface area contributed by atoms with Crippen LogP contribution in [0.4, 0.5) is 10.5 Å². The molecule has 0 saturated carbocycles. The van der Waals surface area contributed by atoms with Gasteiger partial charge in [0, 0.05) is 10.0 Å². The highest BCUT2D eigenvalue weighted by atomic mass is 79.9. The van der Waals surface area contributed by atoms with E-state index in [1.807, 2.05) is 32.0 Å². The molecule has 0 aliphatic carbocycles. The lowest BCUT2D eigenvalue weighted by molar-refractivity contribution is -0.123. The van der Waals surface area contributed by atoms with E-state index in [1.165, 1.54) is 0 Å². The molecule has 3 aromatic carbocycles. The Hall–Kier alpha value is -3.27. The molecule has 10 heteroatoms. The van der Waals surface area contributed by atoms with Crippen LogP contribution in [0.15, 0.2) is 70.0 Å². The highest BCUT2D eigenvalue weighted by Crippen LogP contribution is 2.35. The molecule has 1 N–H and O–H groups in total. The van der Waals surface area contributed by atoms with Crippen LogP contribution in [-0.2, 0) is 9.59 Å². The molecule has 7 nitrogen and oxygen atoms in total. The van der Waals surface area contributed by atoms with Crippen LogP contribution < -0.4 is 14.8 Å². The number of benzene rings is 3. The Labute approximate surface area is 238 Å². The molecule has 1 aliphatic rings. The van der Waals surface area contributed by atoms with Gasteiger partial charge in [-0.15, -0.1) is 0 Å². The molecule has 1 saturated heterocycles. The van der Waals surface area contributed by atoms with Gasteiger partial charge in [0.05, 0.1) is 22.2 Å². The number of nitrogens with zero attached hydrogens (tertiary/aromatic N) is 1. The third-order valence-electron chi connectivity index (χ3n) is 5.55. The number of imide groups is 1. The minimum Gasteiger partial charge on any atom is -0.491 e. The second-order valence-electron chi connectivity index (χ2n) is 8.45. The lowest BCUT2D eigenvalue weighted by Gasteiger charge is -2.15. The van der Waals surface area contributed by atoms with Crippen molar-refractivity contribution in [2.75, 3.05) is 25.1 Å². The van der Waals surface area contributed by atoms with E-state index in [4.69, 9.17) is 21.1 Å². The molecule has 196 valence electrons. The maximum absolute atomic E-state index is 13.0. The molecule has 38 heavy (non-hydrogen) atoms. The monoisotopic (exact) mass is 614 g/mol. The number of carbonyl (C=O) groups is 3. The lowest BCUT2D eigenvalue weighted by atomic mass is 10.1. The molecule has 0 bridgehead atoms. The topological polar surface area (TPSA) is 84.9 Å². The maximum atomic E-state index is 13.0. The fourth-order valence-electron chi connectivity index (χ4n) is 3.60. The number of halogens is 2. The van der Waals surface area contributed by atoms with E-state index in [2.05, 4.69) is 21.2 Å². The third kappa shape index (κ3) is 6.98. The molecule has 3 amide bonds. The SMILES string of the molecule is Cc1ccc(C)c(OCCN2C(=O)S/C(=C\c3cc(Br)ccc3OCC(=O)Nc3ccccc3Cl)C2=O)c1. The Kier molecular flexibility index (Phi) is 9.14. The second-order valence-corrected chi connectivity index (χ2v) is 10.8. The zero-order chi connectivity index (χ0) is 27.2. The zero-order valence-electron chi connectivity index (χ0n) is 20.6. The van der Waals surface area contributed by atoms with Gasteiger partial charge in [0.1, 0.15) is 18.1 Å². The Morgan fingerprint density at radius 2 is 1.84 bits per heavy atom. The molecule has 0 aromatic heterocycles. The van der Waals surface area contributed by atoms with E-state index in [0.29, 0.717) is 22.0 Å². The molecule has 0 atom stereocenters. The lowest BCUT2D eigenvalue weighted by Crippen LogP contribution is -2.32. The number of nitrogens with one attached hydrogen (secondary N) is 1. The van der Waals surface area contributed by atoms with Crippen LogP contribution in [0.5, 0.6) is 11.5 Å². The molecular weight excluding hydrogens is 592 g/mol. The van der Waals surface area contributed by atoms with Crippen LogP contribution >= 0.6 is 39.3 Å². The number of carbonyl (C=O) groups excluding carboxylic acids is 3. The standard InChI is InChI=1S/C28H24BrClN2O5S/c1-17-7-8-18(2)24(13-17)36-12-11-32-27(34)25(38-28(32)35)15-19-14-20(29)9-10-23(19)37-16-26(33)31-22-6-4-3-5-21(22)30/h3-10,13-15H,11-12,16H2,1-2H3,(H,31,33)/b25-15-. The molecule has 1 aliphatic heterocycles. The van der Waals surface area contributed by atoms with Crippen molar-refractivity contribution in [3.8, 4) is 11.5 Å². The van der Waals surface area contributed by atoms with E-state index >= 15 is 0 Å². The Morgan fingerprint density at radius 3 is 2.63 bits per heavy atom. The number of rotatable bonds is 9. The normalized spacial score (nSPS) is 14.2. The average molecular weight is 616 g/mol. The van der Waals surface area contributed by atoms with Gasteiger partial charge in [-0.25, -0.2) is 0 Å². The summed E-state index contributed by atoms with van der Waals surface area (Å²) in [6.45, 7) is 3.94. The first kappa shape index (κ1) is 27.8. The quantitative estimate of drug-likeness (QED) is 0.265. The van der Waals surface area contributed by atoms with Crippen molar-refractivity contribution in [3.63, 3.8) is 0 Å².